The van der Waals surface area contributed by atoms with Crippen molar-refractivity contribution in [3.63, 3.8) is 0 Å². The average Bonchev–Trinajstić information content (AvgIpc) is 3.01. The van der Waals surface area contributed by atoms with E-state index in [2.05, 4.69) is 41.4 Å². The highest BCUT2D eigenvalue weighted by Crippen LogP contribution is 2.35. The first-order valence-corrected chi connectivity index (χ1v) is 7.43. The van der Waals surface area contributed by atoms with Crippen LogP contribution >= 0.6 is 0 Å². The van der Waals surface area contributed by atoms with Crippen LogP contribution in [0.25, 0.3) is 0 Å². The van der Waals surface area contributed by atoms with Crippen LogP contribution in [0.2, 0.25) is 0 Å². The van der Waals surface area contributed by atoms with Crippen LogP contribution in [-0.4, -0.2) is 19.1 Å². The molecule has 2 aliphatic rings. The SMILES string of the molecule is CC(CC1CC1)Nc1ccccc1N1CCCC1. The molecule has 1 aliphatic heterocycles. The zero-order chi connectivity index (χ0) is 12.4. The molecule has 1 saturated carbocycles. The van der Waals surface area contributed by atoms with Gasteiger partial charge in [0.05, 0.1) is 11.4 Å². The van der Waals surface area contributed by atoms with Gasteiger partial charge in [-0.3, -0.25) is 0 Å². The molecule has 0 amide bonds. The van der Waals surface area contributed by atoms with Crippen LogP contribution in [0.5, 0.6) is 0 Å². The number of anilines is 2. The number of nitrogens with zero attached hydrogens (tertiary/aromatic N) is 1. The average molecular weight is 244 g/mol. The van der Waals surface area contributed by atoms with Gasteiger partial charge in [-0.15, -0.1) is 0 Å². The smallest absolute Gasteiger partial charge is 0.0602 e. The highest BCUT2D eigenvalue weighted by atomic mass is 15.2. The molecule has 2 heteroatoms. The number of rotatable bonds is 5. The third-order valence-electron chi connectivity index (χ3n) is 4.14. The Hall–Kier alpha value is -1.18. The van der Waals surface area contributed by atoms with Gasteiger partial charge >= 0.3 is 0 Å². The molecule has 1 heterocycles. The second-order valence-electron chi connectivity index (χ2n) is 5.94. The maximum atomic E-state index is 3.72. The molecule has 0 spiro atoms. The highest BCUT2D eigenvalue weighted by Gasteiger charge is 2.24. The Balaban J connectivity index is 1.69. The number of hydrogen-bond acceptors (Lipinski definition) is 2. The molecule has 0 aromatic heterocycles. The molecular weight excluding hydrogens is 220 g/mol. The summed E-state index contributed by atoms with van der Waals surface area (Å²) in [5.74, 6) is 0.992. The fourth-order valence-corrected chi connectivity index (χ4v) is 3.01. The van der Waals surface area contributed by atoms with Crippen molar-refractivity contribution < 1.29 is 0 Å². The molecule has 1 aromatic carbocycles. The van der Waals surface area contributed by atoms with Crippen LogP contribution in [0.4, 0.5) is 11.4 Å². The molecule has 3 rings (SSSR count). The molecule has 0 bridgehead atoms. The summed E-state index contributed by atoms with van der Waals surface area (Å²) in [5.41, 5.74) is 2.73. The summed E-state index contributed by atoms with van der Waals surface area (Å²) in [7, 11) is 0. The lowest BCUT2D eigenvalue weighted by atomic mass is 10.1. The van der Waals surface area contributed by atoms with Crippen molar-refractivity contribution in [3.8, 4) is 0 Å². The first-order chi connectivity index (χ1) is 8.83. The summed E-state index contributed by atoms with van der Waals surface area (Å²) in [6, 6.07) is 9.39. The van der Waals surface area contributed by atoms with Crippen molar-refractivity contribution >= 4 is 11.4 Å². The third kappa shape index (κ3) is 2.80. The van der Waals surface area contributed by atoms with E-state index >= 15 is 0 Å². The van der Waals surface area contributed by atoms with Crippen molar-refractivity contribution in [2.45, 2.75) is 45.1 Å². The topological polar surface area (TPSA) is 15.3 Å². The van der Waals surface area contributed by atoms with E-state index in [0.29, 0.717) is 6.04 Å². The second kappa shape index (κ2) is 5.21. The predicted molar refractivity (Wildman–Crippen MR) is 78.3 cm³/mol. The van der Waals surface area contributed by atoms with Gasteiger partial charge in [0, 0.05) is 19.1 Å². The Bertz CT molecular complexity index is 392. The Labute approximate surface area is 110 Å². The molecule has 98 valence electrons. The van der Waals surface area contributed by atoms with E-state index in [1.807, 2.05) is 0 Å². The summed E-state index contributed by atoms with van der Waals surface area (Å²) >= 11 is 0. The van der Waals surface area contributed by atoms with Crippen LogP contribution in [0.1, 0.15) is 39.0 Å². The van der Waals surface area contributed by atoms with E-state index in [1.165, 1.54) is 56.6 Å². The second-order valence-corrected chi connectivity index (χ2v) is 5.94. The van der Waals surface area contributed by atoms with Gasteiger partial charge in [0.15, 0.2) is 0 Å². The maximum absolute atomic E-state index is 3.72. The zero-order valence-electron chi connectivity index (χ0n) is 11.4. The van der Waals surface area contributed by atoms with Gasteiger partial charge < -0.3 is 10.2 Å². The molecule has 1 N–H and O–H groups in total. The molecule has 2 fully saturated rings. The molecule has 1 atom stereocenters. The number of nitrogens with one attached hydrogen (secondary N) is 1. The quantitative estimate of drug-likeness (QED) is 0.845. The van der Waals surface area contributed by atoms with Crippen molar-refractivity contribution in [2.75, 3.05) is 23.3 Å². The van der Waals surface area contributed by atoms with Crippen molar-refractivity contribution in [1.82, 2.24) is 0 Å². The fraction of sp³-hybridized carbons (Fsp3) is 0.625. The Morgan fingerprint density at radius 2 is 1.94 bits per heavy atom. The van der Waals surface area contributed by atoms with Crippen molar-refractivity contribution in [2.24, 2.45) is 5.92 Å². The van der Waals surface area contributed by atoms with Crippen molar-refractivity contribution in [1.29, 1.82) is 0 Å². The summed E-state index contributed by atoms with van der Waals surface area (Å²) in [4.78, 5) is 2.52. The molecule has 1 unspecified atom stereocenters. The van der Waals surface area contributed by atoms with E-state index in [9.17, 15) is 0 Å². The lowest BCUT2D eigenvalue weighted by molar-refractivity contribution is 0.642. The lowest BCUT2D eigenvalue weighted by Gasteiger charge is -2.24. The minimum absolute atomic E-state index is 0.598. The molecule has 1 aromatic rings. The monoisotopic (exact) mass is 244 g/mol. The minimum atomic E-state index is 0.598. The first-order valence-electron chi connectivity index (χ1n) is 7.43. The zero-order valence-corrected chi connectivity index (χ0v) is 11.4. The lowest BCUT2D eigenvalue weighted by Crippen LogP contribution is -2.22. The molecule has 18 heavy (non-hydrogen) atoms. The van der Waals surface area contributed by atoms with E-state index in [-0.39, 0.29) is 0 Å². The van der Waals surface area contributed by atoms with E-state index in [0.717, 1.165) is 5.92 Å². The van der Waals surface area contributed by atoms with Crippen molar-refractivity contribution in [3.05, 3.63) is 24.3 Å². The molecule has 1 aliphatic carbocycles. The molecular formula is C16H24N2. The summed E-state index contributed by atoms with van der Waals surface area (Å²) in [5, 5.41) is 3.72. The standard InChI is InChI=1S/C16H24N2/c1-13(12-14-8-9-14)17-15-6-2-3-7-16(15)18-10-4-5-11-18/h2-3,6-7,13-14,17H,4-5,8-12H2,1H3. The first kappa shape index (κ1) is 11.9. The number of para-hydroxylation sites is 2. The van der Waals surface area contributed by atoms with E-state index in [1.54, 1.807) is 0 Å². The van der Waals surface area contributed by atoms with Crippen LogP contribution in [0.3, 0.4) is 0 Å². The van der Waals surface area contributed by atoms with Crippen LogP contribution in [-0.2, 0) is 0 Å². The Morgan fingerprint density at radius 3 is 2.67 bits per heavy atom. The van der Waals surface area contributed by atoms with Gasteiger partial charge in [-0.1, -0.05) is 25.0 Å². The largest absolute Gasteiger partial charge is 0.381 e. The number of benzene rings is 1. The van der Waals surface area contributed by atoms with Gasteiger partial charge in [-0.05, 0) is 44.2 Å². The molecule has 0 radical (unpaired) electrons. The Kier molecular flexibility index (Phi) is 3.44. The van der Waals surface area contributed by atoms with Gasteiger partial charge in [-0.2, -0.15) is 0 Å². The summed E-state index contributed by atoms with van der Waals surface area (Å²) < 4.78 is 0. The third-order valence-corrected chi connectivity index (χ3v) is 4.14. The van der Waals surface area contributed by atoms with Gasteiger partial charge in [-0.25, -0.2) is 0 Å². The molecule has 1 saturated heterocycles. The minimum Gasteiger partial charge on any atom is -0.381 e. The van der Waals surface area contributed by atoms with E-state index < -0.39 is 0 Å². The number of hydrogen-bond donors (Lipinski definition) is 1. The summed E-state index contributed by atoms with van der Waals surface area (Å²) in [6.45, 7) is 4.75. The normalized spacial score (nSPS) is 21.1. The van der Waals surface area contributed by atoms with E-state index in [4.69, 9.17) is 0 Å². The van der Waals surface area contributed by atoms with Crippen LogP contribution in [0.15, 0.2) is 24.3 Å². The van der Waals surface area contributed by atoms with Crippen LogP contribution in [0, 0.1) is 5.92 Å². The molecule has 2 nitrogen and oxygen atoms in total. The van der Waals surface area contributed by atoms with Gasteiger partial charge in [0.25, 0.3) is 0 Å². The maximum Gasteiger partial charge on any atom is 0.0602 e. The Morgan fingerprint density at radius 1 is 1.22 bits per heavy atom. The van der Waals surface area contributed by atoms with Gasteiger partial charge in [0.2, 0.25) is 0 Å². The van der Waals surface area contributed by atoms with Crippen LogP contribution < -0.4 is 10.2 Å². The fourth-order valence-electron chi connectivity index (χ4n) is 3.01. The summed E-state index contributed by atoms with van der Waals surface area (Å²) in [6.07, 6.45) is 6.89. The predicted octanol–water partition coefficient (Wildman–Crippen LogP) is 3.89. The van der Waals surface area contributed by atoms with Gasteiger partial charge in [0.1, 0.15) is 0 Å². The highest BCUT2D eigenvalue weighted by molar-refractivity contribution is 5.70.